The molecule has 0 saturated carbocycles. The van der Waals surface area contributed by atoms with Gasteiger partial charge < -0.3 is 4.74 Å². The van der Waals surface area contributed by atoms with Crippen molar-refractivity contribution in [3.05, 3.63) is 36.2 Å². The number of hydrogen-bond donors (Lipinski definition) is 0. The number of nitrogens with zero attached hydrogens (tertiary/aromatic N) is 3. The minimum Gasteiger partial charge on any atom is -0.433 e. The Kier molecular flexibility index (Phi) is 3.68. The van der Waals surface area contributed by atoms with Gasteiger partial charge in [0.2, 0.25) is 0 Å². The van der Waals surface area contributed by atoms with Crippen LogP contribution in [-0.4, -0.2) is 21.6 Å². The number of aromatic nitrogens is 3. The van der Waals surface area contributed by atoms with Crippen molar-refractivity contribution in [3.8, 4) is 11.4 Å². The number of ether oxygens (including phenoxy) is 1. The Morgan fingerprint density at radius 2 is 2.12 bits per heavy atom. The second-order valence-electron chi connectivity index (χ2n) is 3.13. The van der Waals surface area contributed by atoms with E-state index >= 15 is 0 Å². The number of hydrogen-bond acceptors (Lipinski definition) is 3. The Bertz CT molecular complexity index is 504. The third-order valence-electron chi connectivity index (χ3n) is 2.01. The van der Waals surface area contributed by atoms with Gasteiger partial charge in [0.25, 0.3) is 0 Å². The van der Waals surface area contributed by atoms with E-state index in [0.29, 0.717) is 16.7 Å². The van der Waals surface area contributed by atoms with Crippen LogP contribution >= 0.6 is 15.9 Å². The number of alkyl halides is 3. The molecule has 0 saturated heterocycles. The van der Waals surface area contributed by atoms with E-state index in [1.165, 1.54) is 10.7 Å². The van der Waals surface area contributed by atoms with E-state index in [4.69, 9.17) is 0 Å². The van der Waals surface area contributed by atoms with E-state index in [-0.39, 0.29) is 5.75 Å². The van der Waals surface area contributed by atoms with Crippen LogP contribution in [0.3, 0.4) is 0 Å². The fraction of sp³-hybridized carbons (Fsp3) is 0.200. The van der Waals surface area contributed by atoms with E-state index in [1.807, 2.05) is 0 Å². The first-order valence-electron chi connectivity index (χ1n) is 4.72. The summed E-state index contributed by atoms with van der Waals surface area (Å²) in [4.78, 5) is 0. The molecule has 0 spiro atoms. The molecule has 4 nitrogen and oxygen atoms in total. The van der Waals surface area contributed by atoms with Crippen molar-refractivity contribution in [3.63, 3.8) is 0 Å². The minimum atomic E-state index is -2.87. The zero-order valence-corrected chi connectivity index (χ0v) is 10.1. The highest BCUT2D eigenvalue weighted by molar-refractivity contribution is 9.08. The number of benzene rings is 1. The average Bonchev–Trinajstić information content (AvgIpc) is 2.77. The van der Waals surface area contributed by atoms with Crippen LogP contribution < -0.4 is 4.74 Å². The molecule has 0 radical (unpaired) electrons. The van der Waals surface area contributed by atoms with Crippen LogP contribution in [0.1, 0.15) is 5.69 Å². The summed E-state index contributed by atoms with van der Waals surface area (Å²) in [7, 11) is 0. The van der Waals surface area contributed by atoms with Crippen molar-refractivity contribution < 1.29 is 13.5 Å². The molecule has 2 aromatic rings. The monoisotopic (exact) mass is 303 g/mol. The molecule has 17 heavy (non-hydrogen) atoms. The number of halogens is 3. The van der Waals surface area contributed by atoms with Gasteiger partial charge >= 0.3 is 6.61 Å². The Balaban J connectivity index is 2.36. The van der Waals surface area contributed by atoms with Crippen LogP contribution in [0.4, 0.5) is 8.78 Å². The molecule has 90 valence electrons. The van der Waals surface area contributed by atoms with Crippen molar-refractivity contribution in [2.24, 2.45) is 0 Å². The maximum Gasteiger partial charge on any atom is 0.387 e. The second-order valence-corrected chi connectivity index (χ2v) is 3.70. The fourth-order valence-electron chi connectivity index (χ4n) is 1.32. The smallest absolute Gasteiger partial charge is 0.387 e. The summed E-state index contributed by atoms with van der Waals surface area (Å²) < 4.78 is 30.2. The lowest BCUT2D eigenvalue weighted by Gasteiger charge is -2.09. The van der Waals surface area contributed by atoms with E-state index in [1.54, 1.807) is 24.4 Å². The van der Waals surface area contributed by atoms with E-state index < -0.39 is 6.61 Å². The first kappa shape index (κ1) is 12.0. The summed E-state index contributed by atoms with van der Waals surface area (Å²) >= 11 is 3.24. The van der Waals surface area contributed by atoms with Gasteiger partial charge in [0.1, 0.15) is 5.69 Å². The summed E-state index contributed by atoms with van der Waals surface area (Å²) in [5, 5.41) is 8.24. The first-order chi connectivity index (χ1) is 8.20. The molecule has 0 aliphatic heterocycles. The Morgan fingerprint density at radius 3 is 2.76 bits per heavy atom. The molecule has 7 heteroatoms. The third-order valence-corrected chi connectivity index (χ3v) is 2.58. The molecule has 0 amide bonds. The zero-order chi connectivity index (χ0) is 12.3. The van der Waals surface area contributed by atoms with E-state index in [9.17, 15) is 8.78 Å². The Labute approximate surface area is 104 Å². The molecule has 1 aromatic carbocycles. The quantitative estimate of drug-likeness (QED) is 0.816. The van der Waals surface area contributed by atoms with E-state index in [2.05, 4.69) is 31.0 Å². The van der Waals surface area contributed by atoms with Gasteiger partial charge in [-0.2, -0.15) is 8.78 Å². The van der Waals surface area contributed by atoms with Crippen LogP contribution in [0.5, 0.6) is 5.75 Å². The summed E-state index contributed by atoms with van der Waals surface area (Å²) in [6.45, 7) is -2.87. The lowest BCUT2D eigenvalue weighted by molar-refractivity contribution is -0.0499. The van der Waals surface area contributed by atoms with E-state index in [0.717, 1.165) is 0 Å². The van der Waals surface area contributed by atoms with Crippen LogP contribution in [-0.2, 0) is 5.33 Å². The van der Waals surface area contributed by atoms with Crippen LogP contribution in [0, 0.1) is 0 Å². The van der Waals surface area contributed by atoms with Crippen molar-refractivity contribution in [1.29, 1.82) is 0 Å². The number of rotatable bonds is 4. The third kappa shape index (κ3) is 2.79. The Hall–Kier alpha value is -1.50. The largest absolute Gasteiger partial charge is 0.433 e. The zero-order valence-electron chi connectivity index (χ0n) is 8.55. The lowest BCUT2D eigenvalue weighted by Crippen LogP contribution is -2.06. The molecule has 1 aromatic heterocycles. The lowest BCUT2D eigenvalue weighted by atomic mass is 10.3. The average molecular weight is 304 g/mol. The molecule has 0 aliphatic carbocycles. The first-order valence-corrected chi connectivity index (χ1v) is 5.84. The highest BCUT2D eigenvalue weighted by Gasteiger charge is 2.11. The summed E-state index contributed by atoms with van der Waals surface area (Å²) in [5.74, 6) is 0.0634. The van der Waals surface area contributed by atoms with Gasteiger partial charge in [-0.3, -0.25) is 0 Å². The normalized spacial score (nSPS) is 10.8. The van der Waals surface area contributed by atoms with Gasteiger partial charge in [0, 0.05) is 5.33 Å². The van der Waals surface area contributed by atoms with Gasteiger partial charge in [-0.15, -0.1) is 5.10 Å². The summed E-state index contributed by atoms with van der Waals surface area (Å²) in [5.41, 5.74) is 1.13. The van der Waals surface area contributed by atoms with Crippen molar-refractivity contribution in [2.45, 2.75) is 11.9 Å². The predicted molar refractivity (Wildman–Crippen MR) is 60.6 cm³/mol. The molecule has 1 heterocycles. The topological polar surface area (TPSA) is 39.9 Å². The minimum absolute atomic E-state index is 0.0634. The highest BCUT2D eigenvalue weighted by atomic mass is 79.9. The SMILES string of the molecule is FC(F)Oc1ccccc1-n1cc(CBr)nn1. The molecule has 0 atom stereocenters. The van der Waals surface area contributed by atoms with Gasteiger partial charge in [-0.1, -0.05) is 33.3 Å². The summed E-state index contributed by atoms with van der Waals surface area (Å²) in [6, 6.07) is 6.41. The summed E-state index contributed by atoms with van der Waals surface area (Å²) in [6.07, 6.45) is 1.64. The second kappa shape index (κ2) is 5.22. The molecule has 0 fully saturated rings. The van der Waals surface area contributed by atoms with Gasteiger partial charge in [0.05, 0.1) is 11.9 Å². The predicted octanol–water partition coefficient (Wildman–Crippen LogP) is 2.76. The molecule has 2 rings (SSSR count). The van der Waals surface area contributed by atoms with Crippen molar-refractivity contribution >= 4 is 15.9 Å². The molecular weight excluding hydrogens is 296 g/mol. The molecule has 0 unspecified atom stereocenters. The maximum absolute atomic E-state index is 12.2. The number of para-hydroxylation sites is 2. The standard InChI is InChI=1S/C10H8BrF2N3O/c11-5-7-6-16(15-14-7)8-3-1-2-4-9(8)17-10(12)13/h1-4,6,10H,5H2. The van der Waals surface area contributed by atoms with Crippen LogP contribution in [0.25, 0.3) is 5.69 Å². The van der Waals surface area contributed by atoms with Crippen molar-refractivity contribution in [1.82, 2.24) is 15.0 Å². The van der Waals surface area contributed by atoms with Gasteiger partial charge in [-0.25, -0.2) is 4.68 Å². The van der Waals surface area contributed by atoms with Crippen LogP contribution in [0.15, 0.2) is 30.5 Å². The molecule has 0 N–H and O–H groups in total. The van der Waals surface area contributed by atoms with Gasteiger partial charge in [-0.05, 0) is 12.1 Å². The Morgan fingerprint density at radius 1 is 1.35 bits per heavy atom. The van der Waals surface area contributed by atoms with Crippen LogP contribution in [0.2, 0.25) is 0 Å². The molecular formula is C10H8BrF2N3O. The maximum atomic E-state index is 12.2. The molecule has 0 aliphatic rings. The van der Waals surface area contributed by atoms with Crippen molar-refractivity contribution in [2.75, 3.05) is 0 Å². The van der Waals surface area contributed by atoms with Gasteiger partial charge in [0.15, 0.2) is 5.75 Å². The molecule has 0 bridgehead atoms. The highest BCUT2D eigenvalue weighted by Crippen LogP contribution is 2.23. The fourth-order valence-corrected chi connectivity index (χ4v) is 1.58.